The van der Waals surface area contributed by atoms with E-state index in [-0.39, 0.29) is 0 Å². The monoisotopic (exact) mass is 264 g/mol. The van der Waals surface area contributed by atoms with Crippen molar-refractivity contribution in [2.24, 2.45) is 17.6 Å². The lowest BCUT2D eigenvalue weighted by Gasteiger charge is -2.27. The molecule has 1 heterocycles. The molecule has 1 aliphatic heterocycles. The number of nitrogens with zero attached hydrogens (tertiary/aromatic N) is 1. The van der Waals surface area contributed by atoms with Gasteiger partial charge < -0.3 is 5.73 Å². The number of benzene rings is 1. The minimum absolute atomic E-state index is 0.368. The molecule has 1 aromatic rings. The van der Waals surface area contributed by atoms with Gasteiger partial charge in [0.25, 0.3) is 0 Å². The Balaban J connectivity index is 1.75. The van der Waals surface area contributed by atoms with Crippen LogP contribution in [0.25, 0.3) is 0 Å². The Labute approximate surface area is 114 Å². The summed E-state index contributed by atoms with van der Waals surface area (Å²) in [7, 11) is 0. The topological polar surface area (TPSA) is 29.3 Å². The molecular weight excluding hydrogens is 244 g/mol. The highest BCUT2D eigenvalue weighted by atomic mass is 35.5. The molecule has 98 valence electrons. The Kier molecular flexibility index (Phi) is 3.60. The SMILES string of the molecule is NCC(c1ccc(Cl)cc1)N1CC2CCCC2C1. The van der Waals surface area contributed by atoms with E-state index in [1.165, 1.54) is 37.9 Å². The Bertz CT molecular complexity index is 391. The minimum atomic E-state index is 0.368. The average Bonchev–Trinajstić information content (AvgIpc) is 2.93. The molecule has 3 rings (SSSR count). The van der Waals surface area contributed by atoms with E-state index >= 15 is 0 Å². The number of likely N-dealkylation sites (tertiary alicyclic amines) is 1. The van der Waals surface area contributed by atoms with Gasteiger partial charge in [0.05, 0.1) is 0 Å². The molecule has 1 saturated carbocycles. The Morgan fingerprint density at radius 2 is 1.78 bits per heavy atom. The van der Waals surface area contributed by atoms with E-state index < -0.39 is 0 Å². The van der Waals surface area contributed by atoms with Crippen LogP contribution in [0.2, 0.25) is 5.02 Å². The Morgan fingerprint density at radius 1 is 1.17 bits per heavy atom. The van der Waals surface area contributed by atoms with Gasteiger partial charge in [-0.25, -0.2) is 0 Å². The molecule has 3 heteroatoms. The Hall–Kier alpha value is -0.570. The van der Waals surface area contributed by atoms with Crippen molar-refractivity contribution in [3.63, 3.8) is 0 Å². The molecule has 3 atom stereocenters. The van der Waals surface area contributed by atoms with Crippen LogP contribution in [0.4, 0.5) is 0 Å². The van der Waals surface area contributed by atoms with Crippen molar-refractivity contribution in [1.82, 2.24) is 4.90 Å². The first-order valence-corrected chi connectivity index (χ1v) is 7.35. The van der Waals surface area contributed by atoms with Crippen LogP contribution in [0.15, 0.2) is 24.3 Å². The van der Waals surface area contributed by atoms with Crippen molar-refractivity contribution in [2.75, 3.05) is 19.6 Å². The molecule has 0 spiro atoms. The van der Waals surface area contributed by atoms with E-state index in [1.807, 2.05) is 12.1 Å². The fourth-order valence-corrected chi connectivity index (χ4v) is 3.83. The number of hydrogen-bond acceptors (Lipinski definition) is 2. The van der Waals surface area contributed by atoms with Crippen LogP contribution in [0, 0.1) is 11.8 Å². The quantitative estimate of drug-likeness (QED) is 0.909. The van der Waals surface area contributed by atoms with E-state index in [9.17, 15) is 0 Å². The van der Waals surface area contributed by atoms with Crippen LogP contribution in [-0.4, -0.2) is 24.5 Å². The van der Waals surface area contributed by atoms with Gasteiger partial charge in [-0.15, -0.1) is 0 Å². The van der Waals surface area contributed by atoms with Crippen molar-refractivity contribution in [1.29, 1.82) is 0 Å². The second-order valence-electron chi connectivity index (χ2n) is 5.71. The highest BCUT2D eigenvalue weighted by Crippen LogP contribution is 2.40. The number of nitrogens with two attached hydrogens (primary N) is 1. The van der Waals surface area contributed by atoms with Crippen LogP contribution in [0.5, 0.6) is 0 Å². The zero-order valence-electron chi connectivity index (χ0n) is 10.7. The van der Waals surface area contributed by atoms with Crippen LogP contribution in [0.1, 0.15) is 30.9 Å². The normalized spacial score (nSPS) is 29.4. The molecule has 0 aromatic heterocycles. The fourth-order valence-electron chi connectivity index (χ4n) is 3.71. The molecule has 0 amide bonds. The van der Waals surface area contributed by atoms with E-state index in [0.717, 1.165) is 16.9 Å². The van der Waals surface area contributed by atoms with Gasteiger partial charge in [0.2, 0.25) is 0 Å². The minimum Gasteiger partial charge on any atom is -0.329 e. The lowest BCUT2D eigenvalue weighted by atomic mass is 10.0. The lowest BCUT2D eigenvalue weighted by Crippen LogP contribution is -2.32. The summed E-state index contributed by atoms with van der Waals surface area (Å²) >= 11 is 5.95. The van der Waals surface area contributed by atoms with Crippen LogP contribution < -0.4 is 5.73 Å². The van der Waals surface area contributed by atoms with Gasteiger partial charge in [-0.2, -0.15) is 0 Å². The fraction of sp³-hybridized carbons (Fsp3) is 0.600. The second kappa shape index (κ2) is 5.20. The molecule has 2 N–H and O–H groups in total. The standard InChI is InChI=1S/C15H21ClN2/c16-14-6-4-11(5-7-14)15(8-17)18-9-12-2-1-3-13(12)10-18/h4-7,12-13,15H,1-3,8-10,17H2. The maximum Gasteiger partial charge on any atom is 0.0470 e. The predicted octanol–water partition coefficient (Wildman–Crippen LogP) is 3.07. The highest BCUT2D eigenvalue weighted by molar-refractivity contribution is 6.30. The molecule has 0 bridgehead atoms. The maximum absolute atomic E-state index is 6.00. The van der Waals surface area contributed by atoms with E-state index in [4.69, 9.17) is 17.3 Å². The molecule has 3 unspecified atom stereocenters. The molecule has 2 nitrogen and oxygen atoms in total. The molecule has 2 fully saturated rings. The number of rotatable bonds is 3. The number of halogens is 1. The van der Waals surface area contributed by atoms with Gasteiger partial charge in [-0.3, -0.25) is 4.90 Å². The van der Waals surface area contributed by atoms with Crippen molar-refractivity contribution in [3.05, 3.63) is 34.9 Å². The first kappa shape index (κ1) is 12.5. The summed E-state index contributed by atoms with van der Waals surface area (Å²) in [5, 5.41) is 0.799. The molecule has 2 aliphatic rings. The zero-order chi connectivity index (χ0) is 12.5. The molecule has 1 aromatic carbocycles. The largest absolute Gasteiger partial charge is 0.329 e. The van der Waals surface area contributed by atoms with Gasteiger partial charge in [0.1, 0.15) is 0 Å². The highest BCUT2D eigenvalue weighted by Gasteiger charge is 2.38. The third-order valence-corrected chi connectivity index (χ3v) is 4.93. The molecule has 1 saturated heterocycles. The molecule has 18 heavy (non-hydrogen) atoms. The summed E-state index contributed by atoms with van der Waals surface area (Å²) in [5.74, 6) is 1.85. The second-order valence-corrected chi connectivity index (χ2v) is 6.14. The molecule has 1 aliphatic carbocycles. The first-order chi connectivity index (χ1) is 8.78. The van der Waals surface area contributed by atoms with Gasteiger partial charge in [0, 0.05) is 30.7 Å². The van der Waals surface area contributed by atoms with E-state index in [1.54, 1.807) is 0 Å². The van der Waals surface area contributed by atoms with E-state index in [0.29, 0.717) is 12.6 Å². The van der Waals surface area contributed by atoms with Gasteiger partial charge in [-0.05, 0) is 42.4 Å². The van der Waals surface area contributed by atoms with E-state index in [2.05, 4.69) is 17.0 Å². The zero-order valence-corrected chi connectivity index (χ0v) is 11.4. The smallest absolute Gasteiger partial charge is 0.0470 e. The summed E-state index contributed by atoms with van der Waals surface area (Å²) in [6.07, 6.45) is 4.26. The predicted molar refractivity (Wildman–Crippen MR) is 75.7 cm³/mol. The molecular formula is C15H21ClN2. The third-order valence-electron chi connectivity index (χ3n) is 4.67. The summed E-state index contributed by atoms with van der Waals surface area (Å²) in [6, 6.07) is 8.54. The summed E-state index contributed by atoms with van der Waals surface area (Å²) in [5.41, 5.74) is 7.31. The van der Waals surface area contributed by atoms with Gasteiger partial charge >= 0.3 is 0 Å². The summed E-state index contributed by atoms with van der Waals surface area (Å²) < 4.78 is 0. The number of hydrogen-bond donors (Lipinski definition) is 1. The van der Waals surface area contributed by atoms with Crippen LogP contribution in [-0.2, 0) is 0 Å². The van der Waals surface area contributed by atoms with Gasteiger partial charge in [-0.1, -0.05) is 30.2 Å². The number of fused-ring (bicyclic) bond motifs is 1. The van der Waals surface area contributed by atoms with Crippen LogP contribution in [0.3, 0.4) is 0 Å². The maximum atomic E-state index is 6.00. The average molecular weight is 265 g/mol. The Morgan fingerprint density at radius 3 is 2.33 bits per heavy atom. The van der Waals surface area contributed by atoms with Crippen LogP contribution >= 0.6 is 11.6 Å². The summed E-state index contributed by atoms with van der Waals surface area (Å²) in [6.45, 7) is 3.16. The van der Waals surface area contributed by atoms with Crippen molar-refractivity contribution < 1.29 is 0 Å². The third kappa shape index (κ3) is 2.29. The van der Waals surface area contributed by atoms with Crippen molar-refractivity contribution in [3.8, 4) is 0 Å². The lowest BCUT2D eigenvalue weighted by molar-refractivity contribution is 0.232. The summed E-state index contributed by atoms with van der Waals surface area (Å²) in [4.78, 5) is 2.58. The van der Waals surface area contributed by atoms with Crippen molar-refractivity contribution >= 4 is 11.6 Å². The van der Waals surface area contributed by atoms with Crippen molar-refractivity contribution in [2.45, 2.75) is 25.3 Å². The van der Waals surface area contributed by atoms with Gasteiger partial charge in [0.15, 0.2) is 0 Å². The first-order valence-electron chi connectivity index (χ1n) is 6.97. The molecule has 0 radical (unpaired) electrons.